The van der Waals surface area contributed by atoms with Crippen LogP contribution in [-0.4, -0.2) is 19.8 Å². The van der Waals surface area contributed by atoms with Gasteiger partial charge < -0.3 is 5.73 Å². The Labute approximate surface area is 124 Å². The molecule has 2 aromatic carbocycles. The predicted molar refractivity (Wildman–Crippen MR) is 79.4 cm³/mol. The van der Waals surface area contributed by atoms with Gasteiger partial charge in [-0.25, -0.2) is 12.8 Å². The minimum atomic E-state index is -3.68. The molecule has 6 heteroatoms. The SMILES string of the molecule is CN(Cc1ccccc1)S(=O)(=O)c1ccc(F)c(CN)c1. The van der Waals surface area contributed by atoms with Gasteiger partial charge in [-0.1, -0.05) is 30.3 Å². The Morgan fingerprint density at radius 1 is 1.14 bits per heavy atom. The molecule has 0 aliphatic rings. The van der Waals surface area contributed by atoms with E-state index < -0.39 is 15.8 Å². The summed E-state index contributed by atoms with van der Waals surface area (Å²) in [5.74, 6) is -0.498. The fraction of sp³-hybridized carbons (Fsp3) is 0.200. The largest absolute Gasteiger partial charge is 0.326 e. The average Bonchev–Trinajstić information content (AvgIpc) is 2.48. The first-order chi connectivity index (χ1) is 9.95. The lowest BCUT2D eigenvalue weighted by Crippen LogP contribution is -2.26. The molecule has 0 atom stereocenters. The summed E-state index contributed by atoms with van der Waals surface area (Å²) in [5, 5.41) is 0. The highest BCUT2D eigenvalue weighted by atomic mass is 32.2. The molecule has 0 aliphatic carbocycles. The van der Waals surface area contributed by atoms with E-state index in [9.17, 15) is 12.8 Å². The Morgan fingerprint density at radius 2 is 1.81 bits per heavy atom. The first kappa shape index (κ1) is 15.6. The van der Waals surface area contributed by atoms with Crippen molar-refractivity contribution in [2.75, 3.05) is 7.05 Å². The molecule has 0 saturated heterocycles. The van der Waals surface area contributed by atoms with Crippen molar-refractivity contribution >= 4 is 10.0 Å². The van der Waals surface area contributed by atoms with Gasteiger partial charge in [0.25, 0.3) is 0 Å². The van der Waals surface area contributed by atoms with Crippen molar-refractivity contribution in [2.45, 2.75) is 18.0 Å². The monoisotopic (exact) mass is 308 g/mol. The minimum absolute atomic E-state index is 0.0441. The van der Waals surface area contributed by atoms with E-state index >= 15 is 0 Å². The molecule has 0 fully saturated rings. The van der Waals surface area contributed by atoms with Crippen molar-refractivity contribution in [2.24, 2.45) is 5.73 Å². The van der Waals surface area contributed by atoms with Crippen LogP contribution in [0.4, 0.5) is 4.39 Å². The molecule has 0 spiro atoms. The van der Waals surface area contributed by atoms with Crippen LogP contribution in [0.1, 0.15) is 11.1 Å². The Hall–Kier alpha value is -1.76. The quantitative estimate of drug-likeness (QED) is 0.920. The van der Waals surface area contributed by atoms with E-state index in [0.29, 0.717) is 0 Å². The van der Waals surface area contributed by atoms with Crippen molar-refractivity contribution in [1.29, 1.82) is 0 Å². The van der Waals surface area contributed by atoms with E-state index in [1.807, 2.05) is 30.3 Å². The van der Waals surface area contributed by atoms with Crippen LogP contribution in [0, 0.1) is 5.82 Å². The maximum absolute atomic E-state index is 13.4. The van der Waals surface area contributed by atoms with Crippen LogP contribution in [0.25, 0.3) is 0 Å². The number of sulfonamides is 1. The molecular formula is C15H17FN2O2S. The van der Waals surface area contributed by atoms with Gasteiger partial charge in [0.05, 0.1) is 4.90 Å². The van der Waals surface area contributed by atoms with Crippen molar-refractivity contribution in [3.05, 3.63) is 65.5 Å². The standard InChI is InChI=1S/C15H17FN2O2S/c1-18(11-12-5-3-2-4-6-12)21(19,20)14-7-8-15(16)13(9-14)10-17/h2-9H,10-11,17H2,1H3. The second-order valence-electron chi connectivity index (χ2n) is 4.70. The third-order valence-corrected chi connectivity index (χ3v) is 4.99. The Morgan fingerprint density at radius 3 is 2.43 bits per heavy atom. The van der Waals surface area contributed by atoms with E-state index in [4.69, 9.17) is 5.73 Å². The Bertz CT molecular complexity index is 718. The lowest BCUT2D eigenvalue weighted by atomic mass is 10.2. The van der Waals surface area contributed by atoms with Crippen LogP contribution in [0.2, 0.25) is 0 Å². The number of benzene rings is 2. The lowest BCUT2D eigenvalue weighted by Gasteiger charge is -2.18. The van der Waals surface area contributed by atoms with Crippen molar-refractivity contribution in [3.8, 4) is 0 Å². The molecule has 0 heterocycles. The second kappa shape index (κ2) is 6.34. The van der Waals surface area contributed by atoms with Crippen LogP contribution < -0.4 is 5.73 Å². The van der Waals surface area contributed by atoms with E-state index in [1.54, 1.807) is 0 Å². The summed E-state index contributed by atoms with van der Waals surface area (Å²) in [6, 6.07) is 12.9. The van der Waals surface area contributed by atoms with Crippen molar-refractivity contribution < 1.29 is 12.8 Å². The summed E-state index contributed by atoms with van der Waals surface area (Å²) >= 11 is 0. The first-order valence-electron chi connectivity index (χ1n) is 6.44. The maximum atomic E-state index is 13.4. The highest BCUT2D eigenvalue weighted by Crippen LogP contribution is 2.19. The molecule has 0 amide bonds. The van der Waals surface area contributed by atoms with Crippen LogP contribution in [-0.2, 0) is 23.1 Å². The maximum Gasteiger partial charge on any atom is 0.243 e. The molecular weight excluding hydrogens is 291 g/mol. The predicted octanol–water partition coefficient (Wildman–Crippen LogP) is 2.11. The molecule has 0 radical (unpaired) electrons. The summed E-state index contributed by atoms with van der Waals surface area (Å²) in [6.07, 6.45) is 0. The first-order valence-corrected chi connectivity index (χ1v) is 7.88. The van der Waals surface area contributed by atoms with Crippen LogP contribution in [0.3, 0.4) is 0 Å². The molecule has 0 bridgehead atoms. The lowest BCUT2D eigenvalue weighted by molar-refractivity contribution is 0.466. The van der Waals surface area contributed by atoms with Crippen LogP contribution in [0.5, 0.6) is 0 Å². The van der Waals surface area contributed by atoms with Gasteiger partial charge in [-0.3, -0.25) is 0 Å². The summed E-state index contributed by atoms with van der Waals surface area (Å²) in [4.78, 5) is 0.0442. The van der Waals surface area contributed by atoms with Gasteiger partial charge >= 0.3 is 0 Å². The number of halogens is 1. The topological polar surface area (TPSA) is 63.4 Å². The molecule has 2 rings (SSSR count). The molecule has 0 unspecified atom stereocenters. The van der Waals surface area contributed by atoms with Gasteiger partial charge in [-0.15, -0.1) is 0 Å². The summed E-state index contributed by atoms with van der Waals surface area (Å²) in [6.45, 7) is 0.204. The Balaban J connectivity index is 2.29. The normalized spacial score (nSPS) is 11.8. The van der Waals surface area contributed by atoms with Crippen molar-refractivity contribution in [3.63, 3.8) is 0 Å². The van der Waals surface area contributed by atoms with E-state index in [2.05, 4.69) is 0 Å². The second-order valence-corrected chi connectivity index (χ2v) is 6.75. The number of nitrogens with two attached hydrogens (primary N) is 1. The molecule has 112 valence electrons. The highest BCUT2D eigenvalue weighted by molar-refractivity contribution is 7.89. The highest BCUT2D eigenvalue weighted by Gasteiger charge is 2.21. The summed E-state index contributed by atoms with van der Waals surface area (Å²) < 4.78 is 39.6. The third kappa shape index (κ3) is 3.47. The van der Waals surface area contributed by atoms with Gasteiger partial charge in [0.15, 0.2) is 0 Å². The molecule has 0 aromatic heterocycles. The van der Waals surface area contributed by atoms with Gasteiger partial charge in [0, 0.05) is 25.7 Å². The smallest absolute Gasteiger partial charge is 0.243 e. The van der Waals surface area contributed by atoms with Gasteiger partial charge in [0.2, 0.25) is 10.0 Å². The molecule has 0 saturated carbocycles. The number of rotatable bonds is 5. The third-order valence-electron chi connectivity index (χ3n) is 3.19. The number of hydrogen-bond acceptors (Lipinski definition) is 3. The van der Waals surface area contributed by atoms with E-state index in [-0.39, 0.29) is 23.5 Å². The van der Waals surface area contributed by atoms with E-state index in [0.717, 1.165) is 11.6 Å². The zero-order chi connectivity index (χ0) is 15.5. The molecule has 2 N–H and O–H groups in total. The van der Waals surface area contributed by atoms with Crippen LogP contribution >= 0.6 is 0 Å². The summed E-state index contributed by atoms with van der Waals surface area (Å²) in [7, 11) is -2.18. The molecule has 0 aliphatic heterocycles. The van der Waals surface area contributed by atoms with Crippen LogP contribution in [0.15, 0.2) is 53.4 Å². The zero-order valence-corrected chi connectivity index (χ0v) is 12.5. The van der Waals surface area contributed by atoms with Gasteiger partial charge in [0.1, 0.15) is 5.82 Å². The zero-order valence-electron chi connectivity index (χ0n) is 11.7. The van der Waals surface area contributed by atoms with E-state index in [1.165, 1.54) is 23.5 Å². The minimum Gasteiger partial charge on any atom is -0.326 e. The number of hydrogen-bond donors (Lipinski definition) is 1. The average molecular weight is 308 g/mol. The summed E-state index contributed by atoms with van der Waals surface area (Å²) in [5.41, 5.74) is 6.48. The van der Waals surface area contributed by atoms with Gasteiger partial charge in [-0.2, -0.15) is 4.31 Å². The number of nitrogens with zero attached hydrogens (tertiary/aromatic N) is 1. The van der Waals surface area contributed by atoms with Gasteiger partial charge in [-0.05, 0) is 23.8 Å². The Kier molecular flexibility index (Phi) is 4.72. The molecule has 2 aromatic rings. The fourth-order valence-corrected chi connectivity index (χ4v) is 3.18. The van der Waals surface area contributed by atoms with Crippen molar-refractivity contribution in [1.82, 2.24) is 4.31 Å². The molecule has 21 heavy (non-hydrogen) atoms. The molecule has 4 nitrogen and oxygen atoms in total. The fourth-order valence-electron chi connectivity index (χ4n) is 1.97.